The first-order valence-corrected chi connectivity index (χ1v) is 11.4. The Hall–Kier alpha value is -3.68. The lowest BCUT2D eigenvalue weighted by Crippen LogP contribution is -2.42. The molecule has 0 saturated heterocycles. The Kier molecular flexibility index (Phi) is 6.68. The van der Waals surface area contributed by atoms with E-state index >= 15 is 0 Å². The highest BCUT2D eigenvalue weighted by Gasteiger charge is 2.47. The molecule has 0 fully saturated rings. The summed E-state index contributed by atoms with van der Waals surface area (Å²) in [5.74, 6) is 1.28. The number of ether oxygens (including phenoxy) is 2. The Morgan fingerprint density at radius 2 is 1.59 bits per heavy atom. The second kappa shape index (κ2) is 9.67. The average Bonchev–Trinajstić information content (AvgIpc) is 3.37. The van der Waals surface area contributed by atoms with Crippen LogP contribution in [0, 0.1) is 0 Å². The summed E-state index contributed by atoms with van der Waals surface area (Å²) >= 11 is 0. The van der Waals surface area contributed by atoms with Crippen molar-refractivity contribution in [2.24, 2.45) is 9.98 Å². The summed E-state index contributed by atoms with van der Waals surface area (Å²) < 4.78 is 11.0. The number of rotatable bonds is 9. The Balaban J connectivity index is 1.81. The molecule has 0 radical (unpaired) electrons. The van der Waals surface area contributed by atoms with Crippen LogP contribution in [0.5, 0.6) is 11.5 Å². The first-order valence-electron chi connectivity index (χ1n) is 11.4. The van der Waals surface area contributed by atoms with Crippen molar-refractivity contribution in [3.63, 3.8) is 0 Å². The van der Waals surface area contributed by atoms with Gasteiger partial charge in [-0.05, 0) is 60.4 Å². The van der Waals surface area contributed by atoms with Gasteiger partial charge in [0, 0.05) is 44.8 Å². The van der Waals surface area contributed by atoms with Gasteiger partial charge in [-0.15, -0.1) is 0 Å². The van der Waals surface area contributed by atoms with Crippen molar-refractivity contribution in [3.05, 3.63) is 47.5 Å². The number of methoxy groups -OCH3 is 2. The summed E-state index contributed by atoms with van der Waals surface area (Å²) in [6.07, 6.45) is 3.22. The van der Waals surface area contributed by atoms with E-state index in [1.165, 1.54) is 13.8 Å². The van der Waals surface area contributed by atoms with Crippen molar-refractivity contribution in [1.29, 1.82) is 0 Å². The zero-order chi connectivity index (χ0) is 24.3. The van der Waals surface area contributed by atoms with Crippen LogP contribution in [0.1, 0.15) is 43.7 Å². The standard InChI is InChI=1S/C26H30N4O4/c1-16(31)27-11-9-20-21-13-18(33-3)5-7-23(21)30-25(20)26(10-12-28-17(2)32)15-29-24-8-6-19(34-4)14-22(24)26/h5-8,13-15,20H,9-12H2,1-4H3,(H,27,31)(H,28,32). The number of aliphatic imine (C=N–C) groups is 2. The number of nitrogens with one attached hydrogen (secondary N) is 2. The molecule has 2 unspecified atom stereocenters. The minimum Gasteiger partial charge on any atom is -0.497 e. The van der Waals surface area contributed by atoms with Gasteiger partial charge in [-0.25, -0.2) is 0 Å². The number of carbonyl (C=O) groups excluding carboxylic acids is 2. The molecule has 2 atom stereocenters. The van der Waals surface area contributed by atoms with Crippen molar-refractivity contribution >= 4 is 35.1 Å². The van der Waals surface area contributed by atoms with E-state index in [0.717, 1.165) is 39.7 Å². The first-order chi connectivity index (χ1) is 16.4. The minimum absolute atomic E-state index is 0.0575. The summed E-state index contributed by atoms with van der Waals surface area (Å²) in [6, 6.07) is 11.7. The molecule has 0 aromatic heterocycles. The lowest BCUT2D eigenvalue weighted by molar-refractivity contribution is -0.119. The maximum atomic E-state index is 11.7. The minimum atomic E-state index is -0.626. The van der Waals surface area contributed by atoms with Gasteiger partial charge >= 0.3 is 0 Å². The van der Waals surface area contributed by atoms with Gasteiger partial charge in [0.2, 0.25) is 11.8 Å². The van der Waals surface area contributed by atoms with Crippen LogP contribution in [0.2, 0.25) is 0 Å². The Morgan fingerprint density at radius 1 is 0.941 bits per heavy atom. The van der Waals surface area contributed by atoms with Gasteiger partial charge in [0.05, 0.1) is 31.0 Å². The number of carbonyl (C=O) groups is 2. The van der Waals surface area contributed by atoms with Gasteiger partial charge in [-0.1, -0.05) is 0 Å². The van der Waals surface area contributed by atoms with Gasteiger partial charge in [0.1, 0.15) is 11.5 Å². The van der Waals surface area contributed by atoms with Crippen LogP contribution in [-0.2, 0) is 15.0 Å². The second-order valence-electron chi connectivity index (χ2n) is 8.59. The molecule has 2 aliphatic rings. The van der Waals surface area contributed by atoms with Gasteiger partial charge < -0.3 is 20.1 Å². The molecule has 178 valence electrons. The normalized spacial score (nSPS) is 19.8. The van der Waals surface area contributed by atoms with Crippen LogP contribution in [-0.4, -0.2) is 51.0 Å². The molecule has 4 rings (SSSR count). The monoisotopic (exact) mass is 462 g/mol. The molecule has 0 spiro atoms. The Morgan fingerprint density at radius 3 is 2.26 bits per heavy atom. The largest absolute Gasteiger partial charge is 0.497 e. The van der Waals surface area contributed by atoms with Crippen LogP contribution in [0.25, 0.3) is 0 Å². The molecule has 2 amide bonds. The van der Waals surface area contributed by atoms with E-state index in [1.807, 2.05) is 42.6 Å². The molecule has 0 saturated carbocycles. The third-order valence-corrected chi connectivity index (χ3v) is 6.45. The van der Waals surface area contributed by atoms with Crippen molar-refractivity contribution in [3.8, 4) is 11.5 Å². The smallest absolute Gasteiger partial charge is 0.216 e. The maximum absolute atomic E-state index is 11.7. The zero-order valence-corrected chi connectivity index (χ0v) is 20.0. The SMILES string of the molecule is COc1ccc2c(c1)C(CCNC(C)=O)C(C1(CCNC(C)=O)C=Nc3ccc(OC)cc31)=N2. The topological polar surface area (TPSA) is 101 Å². The predicted molar refractivity (Wildman–Crippen MR) is 132 cm³/mol. The molecule has 2 aromatic carbocycles. The number of hydrogen-bond acceptors (Lipinski definition) is 6. The number of nitrogens with zero attached hydrogens (tertiary/aromatic N) is 2. The summed E-state index contributed by atoms with van der Waals surface area (Å²) in [4.78, 5) is 33.1. The van der Waals surface area contributed by atoms with Gasteiger partial charge in [-0.2, -0.15) is 0 Å². The Labute approximate surface area is 199 Å². The third kappa shape index (κ3) is 4.40. The highest BCUT2D eigenvalue weighted by atomic mass is 16.5. The fourth-order valence-electron chi connectivity index (χ4n) is 4.82. The molecule has 2 aliphatic heterocycles. The van der Waals surface area contributed by atoms with Gasteiger partial charge in [0.15, 0.2) is 0 Å². The quantitative estimate of drug-likeness (QED) is 0.595. The predicted octanol–water partition coefficient (Wildman–Crippen LogP) is 3.58. The summed E-state index contributed by atoms with van der Waals surface area (Å²) in [6.45, 7) is 4.01. The van der Waals surface area contributed by atoms with E-state index < -0.39 is 5.41 Å². The van der Waals surface area contributed by atoms with E-state index in [0.29, 0.717) is 25.9 Å². The van der Waals surface area contributed by atoms with Gasteiger partial charge in [0.25, 0.3) is 0 Å². The van der Waals surface area contributed by atoms with Gasteiger partial charge in [-0.3, -0.25) is 19.6 Å². The van der Waals surface area contributed by atoms with Crippen LogP contribution >= 0.6 is 0 Å². The highest BCUT2D eigenvalue weighted by molar-refractivity contribution is 6.17. The van der Waals surface area contributed by atoms with Crippen molar-refractivity contribution in [2.45, 2.75) is 38.0 Å². The fraction of sp³-hybridized carbons (Fsp3) is 0.385. The van der Waals surface area contributed by atoms with Crippen LogP contribution < -0.4 is 20.1 Å². The van der Waals surface area contributed by atoms with Crippen LogP contribution in [0.15, 0.2) is 46.4 Å². The lowest BCUT2D eigenvalue weighted by Gasteiger charge is -2.32. The molecule has 0 bridgehead atoms. The maximum Gasteiger partial charge on any atom is 0.216 e. The fourth-order valence-corrected chi connectivity index (χ4v) is 4.82. The molecule has 34 heavy (non-hydrogen) atoms. The van der Waals surface area contributed by atoms with Crippen molar-refractivity contribution < 1.29 is 19.1 Å². The van der Waals surface area contributed by atoms with Crippen LogP contribution in [0.3, 0.4) is 0 Å². The molecule has 2 N–H and O–H groups in total. The van der Waals surface area contributed by atoms with E-state index in [2.05, 4.69) is 10.6 Å². The third-order valence-electron chi connectivity index (χ3n) is 6.45. The summed E-state index contributed by atoms with van der Waals surface area (Å²) in [5.41, 5.74) is 4.12. The second-order valence-corrected chi connectivity index (χ2v) is 8.59. The number of amides is 2. The molecule has 2 heterocycles. The summed E-state index contributed by atoms with van der Waals surface area (Å²) in [7, 11) is 3.29. The molecule has 8 nitrogen and oxygen atoms in total. The molecular formula is C26H30N4O4. The molecule has 0 aliphatic carbocycles. The van der Waals surface area contributed by atoms with Crippen LogP contribution in [0.4, 0.5) is 11.4 Å². The Bertz CT molecular complexity index is 1170. The zero-order valence-electron chi connectivity index (χ0n) is 20.0. The number of fused-ring (bicyclic) bond motifs is 2. The molecular weight excluding hydrogens is 432 g/mol. The summed E-state index contributed by atoms with van der Waals surface area (Å²) in [5, 5.41) is 5.84. The lowest BCUT2D eigenvalue weighted by atomic mass is 9.70. The van der Waals surface area contributed by atoms with Crippen molar-refractivity contribution in [1.82, 2.24) is 10.6 Å². The van der Waals surface area contributed by atoms with E-state index in [1.54, 1.807) is 14.2 Å². The molecule has 8 heteroatoms. The van der Waals surface area contributed by atoms with Crippen molar-refractivity contribution in [2.75, 3.05) is 27.3 Å². The first kappa shape index (κ1) is 23.5. The number of benzene rings is 2. The van der Waals surface area contributed by atoms with E-state index in [-0.39, 0.29) is 17.7 Å². The van der Waals surface area contributed by atoms with E-state index in [9.17, 15) is 9.59 Å². The van der Waals surface area contributed by atoms with E-state index in [4.69, 9.17) is 19.5 Å². The molecule has 2 aromatic rings. The highest BCUT2D eigenvalue weighted by Crippen LogP contribution is 2.50. The number of hydrogen-bond donors (Lipinski definition) is 2. The average molecular weight is 463 g/mol.